The fourth-order valence-corrected chi connectivity index (χ4v) is 3.36. The van der Waals surface area contributed by atoms with Gasteiger partial charge in [-0.1, -0.05) is 11.3 Å². The zero-order valence-corrected chi connectivity index (χ0v) is 14.0. The van der Waals surface area contributed by atoms with Crippen LogP contribution in [0.5, 0.6) is 0 Å². The maximum atomic E-state index is 12.2. The summed E-state index contributed by atoms with van der Waals surface area (Å²) in [5.74, 6) is -0.391. The molecule has 10 nitrogen and oxygen atoms in total. The van der Waals surface area contributed by atoms with Gasteiger partial charge in [-0.15, -0.1) is 0 Å². The lowest BCUT2D eigenvalue weighted by Crippen LogP contribution is -2.20. The van der Waals surface area contributed by atoms with Gasteiger partial charge in [0.05, 0.1) is 21.7 Å². The second-order valence-corrected chi connectivity index (χ2v) is 6.05. The third-order valence-corrected chi connectivity index (χ3v) is 4.42. The van der Waals surface area contributed by atoms with Crippen LogP contribution in [0, 0.1) is 10.1 Å². The summed E-state index contributed by atoms with van der Waals surface area (Å²) in [5.41, 5.74) is 0.757. The SMILES string of the molecule is COCCn1c(=NC(=O)Cn2cncn2)sc2cc([N+](=O)[O-])ccc21. The van der Waals surface area contributed by atoms with Crippen molar-refractivity contribution in [2.45, 2.75) is 13.1 Å². The van der Waals surface area contributed by atoms with Crippen molar-refractivity contribution in [3.63, 3.8) is 0 Å². The molecule has 0 saturated carbocycles. The van der Waals surface area contributed by atoms with Crippen LogP contribution >= 0.6 is 11.3 Å². The number of benzene rings is 1. The van der Waals surface area contributed by atoms with Crippen LogP contribution in [-0.4, -0.2) is 43.9 Å². The fourth-order valence-electron chi connectivity index (χ4n) is 2.25. The Labute approximate surface area is 145 Å². The van der Waals surface area contributed by atoms with Gasteiger partial charge in [0, 0.05) is 25.8 Å². The molecular formula is C14H14N6O4S. The van der Waals surface area contributed by atoms with E-state index in [-0.39, 0.29) is 12.2 Å². The number of hydrogen-bond donors (Lipinski definition) is 0. The summed E-state index contributed by atoms with van der Waals surface area (Å²) < 4.78 is 8.97. The number of thiazole rings is 1. The van der Waals surface area contributed by atoms with Crippen molar-refractivity contribution in [3.8, 4) is 0 Å². The Balaban J connectivity index is 2.03. The highest BCUT2D eigenvalue weighted by molar-refractivity contribution is 7.16. The minimum Gasteiger partial charge on any atom is -0.383 e. The van der Waals surface area contributed by atoms with Crippen molar-refractivity contribution in [1.82, 2.24) is 19.3 Å². The summed E-state index contributed by atoms with van der Waals surface area (Å²) in [5, 5.41) is 14.8. The number of nitro groups is 1. The van der Waals surface area contributed by atoms with E-state index in [2.05, 4.69) is 15.1 Å². The van der Waals surface area contributed by atoms with Gasteiger partial charge in [-0.05, 0) is 6.07 Å². The normalized spacial score (nSPS) is 12.0. The molecule has 3 rings (SSSR count). The van der Waals surface area contributed by atoms with Gasteiger partial charge in [-0.3, -0.25) is 14.9 Å². The molecule has 0 radical (unpaired) electrons. The van der Waals surface area contributed by atoms with Crippen LogP contribution in [0.25, 0.3) is 10.2 Å². The van der Waals surface area contributed by atoms with Gasteiger partial charge in [0.1, 0.15) is 19.2 Å². The van der Waals surface area contributed by atoms with Crippen molar-refractivity contribution >= 4 is 33.1 Å². The van der Waals surface area contributed by atoms with Gasteiger partial charge in [0.15, 0.2) is 4.80 Å². The van der Waals surface area contributed by atoms with Gasteiger partial charge in [0.2, 0.25) is 0 Å². The van der Waals surface area contributed by atoms with Crippen molar-refractivity contribution < 1.29 is 14.5 Å². The van der Waals surface area contributed by atoms with Gasteiger partial charge >= 0.3 is 0 Å². The molecular weight excluding hydrogens is 348 g/mol. The average molecular weight is 362 g/mol. The highest BCUT2D eigenvalue weighted by atomic mass is 32.1. The molecule has 0 spiro atoms. The second kappa shape index (κ2) is 7.32. The number of ether oxygens (including phenoxy) is 1. The van der Waals surface area contributed by atoms with Crippen LogP contribution in [0.15, 0.2) is 35.8 Å². The minimum atomic E-state index is -0.453. The highest BCUT2D eigenvalue weighted by Crippen LogP contribution is 2.23. The first-order chi connectivity index (χ1) is 12.1. The van der Waals surface area contributed by atoms with Gasteiger partial charge in [-0.25, -0.2) is 9.67 Å². The van der Waals surface area contributed by atoms with E-state index in [1.807, 2.05) is 4.57 Å². The molecule has 1 aromatic carbocycles. The highest BCUT2D eigenvalue weighted by Gasteiger charge is 2.13. The lowest BCUT2D eigenvalue weighted by atomic mass is 10.3. The molecule has 1 amide bonds. The monoisotopic (exact) mass is 362 g/mol. The Bertz CT molecular complexity index is 975. The smallest absolute Gasteiger partial charge is 0.270 e. The number of nitro benzene ring substituents is 1. The Morgan fingerprint density at radius 3 is 3.00 bits per heavy atom. The first-order valence-corrected chi connectivity index (χ1v) is 8.07. The quantitative estimate of drug-likeness (QED) is 0.476. The Morgan fingerprint density at radius 2 is 2.32 bits per heavy atom. The third kappa shape index (κ3) is 3.78. The zero-order chi connectivity index (χ0) is 17.8. The molecule has 25 heavy (non-hydrogen) atoms. The van der Waals surface area contributed by atoms with Crippen LogP contribution in [0.2, 0.25) is 0 Å². The van der Waals surface area contributed by atoms with E-state index in [0.29, 0.717) is 22.7 Å². The van der Waals surface area contributed by atoms with Crippen LogP contribution in [-0.2, 0) is 22.6 Å². The molecule has 3 aromatic rings. The van der Waals surface area contributed by atoms with Crippen LogP contribution in [0.4, 0.5) is 5.69 Å². The third-order valence-electron chi connectivity index (χ3n) is 3.38. The summed E-state index contributed by atoms with van der Waals surface area (Å²) in [4.78, 5) is 31.0. The largest absolute Gasteiger partial charge is 0.383 e. The predicted octanol–water partition coefficient (Wildman–Crippen LogP) is 0.976. The number of methoxy groups -OCH3 is 1. The summed E-state index contributed by atoms with van der Waals surface area (Å²) in [7, 11) is 1.58. The average Bonchev–Trinajstić information content (AvgIpc) is 3.19. The van der Waals surface area contributed by atoms with Crippen molar-refractivity contribution in [3.05, 3.63) is 45.8 Å². The van der Waals surface area contributed by atoms with E-state index in [1.165, 1.54) is 40.8 Å². The summed E-state index contributed by atoms with van der Waals surface area (Å²) in [6, 6.07) is 4.56. The molecule has 2 heterocycles. The second-order valence-electron chi connectivity index (χ2n) is 5.04. The molecule has 0 aliphatic rings. The summed E-state index contributed by atoms with van der Waals surface area (Å²) >= 11 is 1.22. The van der Waals surface area contributed by atoms with E-state index < -0.39 is 10.8 Å². The molecule has 0 aliphatic heterocycles. The Morgan fingerprint density at radius 1 is 1.48 bits per heavy atom. The van der Waals surface area contributed by atoms with Gasteiger partial charge in [-0.2, -0.15) is 10.1 Å². The summed E-state index contributed by atoms with van der Waals surface area (Å²) in [6.45, 7) is 0.871. The number of carbonyl (C=O) groups excluding carboxylic acids is 1. The van der Waals surface area contributed by atoms with Crippen LogP contribution in [0.3, 0.4) is 0 Å². The first kappa shape index (κ1) is 16.9. The molecule has 11 heteroatoms. The Hall–Kier alpha value is -2.92. The Kier molecular flexibility index (Phi) is 4.95. The van der Waals surface area contributed by atoms with E-state index in [9.17, 15) is 14.9 Å². The molecule has 2 aromatic heterocycles. The number of hydrogen-bond acceptors (Lipinski definition) is 7. The van der Waals surface area contributed by atoms with E-state index in [4.69, 9.17) is 4.74 Å². The lowest BCUT2D eigenvalue weighted by Gasteiger charge is -2.04. The first-order valence-electron chi connectivity index (χ1n) is 7.25. The van der Waals surface area contributed by atoms with Crippen LogP contribution in [0.1, 0.15) is 0 Å². The standard InChI is InChI=1S/C14H14N6O4S/c1-24-5-4-19-11-3-2-10(20(22)23)6-12(11)25-14(19)17-13(21)7-18-9-15-8-16-18/h2-3,6,8-9H,4-5,7H2,1H3. The lowest BCUT2D eigenvalue weighted by molar-refractivity contribution is -0.384. The zero-order valence-electron chi connectivity index (χ0n) is 13.2. The van der Waals surface area contributed by atoms with E-state index in [0.717, 1.165) is 5.52 Å². The van der Waals surface area contributed by atoms with Gasteiger partial charge in [0.25, 0.3) is 11.6 Å². The number of nitrogens with zero attached hydrogens (tertiary/aromatic N) is 6. The molecule has 130 valence electrons. The van der Waals surface area contributed by atoms with Crippen molar-refractivity contribution in [1.29, 1.82) is 0 Å². The molecule has 0 aliphatic carbocycles. The molecule has 0 saturated heterocycles. The van der Waals surface area contributed by atoms with E-state index in [1.54, 1.807) is 13.2 Å². The maximum absolute atomic E-state index is 12.2. The fraction of sp³-hybridized carbons (Fsp3) is 0.286. The maximum Gasteiger partial charge on any atom is 0.270 e. The molecule has 0 N–H and O–H groups in total. The van der Waals surface area contributed by atoms with Crippen molar-refractivity contribution in [2.75, 3.05) is 13.7 Å². The number of fused-ring (bicyclic) bond motifs is 1. The molecule has 0 unspecified atom stereocenters. The van der Waals surface area contributed by atoms with Gasteiger partial charge < -0.3 is 9.30 Å². The number of amides is 1. The van der Waals surface area contributed by atoms with E-state index >= 15 is 0 Å². The summed E-state index contributed by atoms with van der Waals surface area (Å²) in [6.07, 6.45) is 2.77. The topological polar surface area (TPSA) is 117 Å². The number of aromatic nitrogens is 4. The molecule has 0 atom stereocenters. The molecule has 0 fully saturated rings. The molecule has 0 bridgehead atoms. The number of rotatable bonds is 6. The number of carbonyl (C=O) groups is 1. The van der Waals surface area contributed by atoms with Crippen molar-refractivity contribution in [2.24, 2.45) is 4.99 Å². The number of non-ortho nitro benzene ring substituents is 1. The predicted molar refractivity (Wildman–Crippen MR) is 88.9 cm³/mol. The minimum absolute atomic E-state index is 0.00636. The van der Waals surface area contributed by atoms with Crippen LogP contribution < -0.4 is 4.80 Å².